The number of carbonyl (C=O) groups excluding carboxylic acids is 3. The fraction of sp³-hybridized carbons (Fsp3) is 0. The highest BCUT2D eigenvalue weighted by molar-refractivity contribution is 6.34. The van der Waals surface area contributed by atoms with Gasteiger partial charge in [0.2, 0.25) is 0 Å². The molecule has 150 valence electrons. The van der Waals surface area contributed by atoms with Gasteiger partial charge in [-0.05, 0) is 36.4 Å². The van der Waals surface area contributed by atoms with E-state index in [1.54, 1.807) is 54.6 Å². The second-order valence-corrected chi connectivity index (χ2v) is 7.03. The number of fused-ring (bicyclic) bond motifs is 1. The van der Waals surface area contributed by atoms with Gasteiger partial charge in [-0.15, -0.1) is 0 Å². The monoisotopic (exact) mass is 408 g/mol. The zero-order valence-corrected chi connectivity index (χ0v) is 16.2. The van der Waals surface area contributed by atoms with E-state index < -0.39 is 0 Å². The highest BCUT2D eigenvalue weighted by Gasteiger charge is 2.36. The Morgan fingerprint density at radius 3 is 2.19 bits per heavy atom. The third-order valence-corrected chi connectivity index (χ3v) is 5.05. The molecule has 3 amide bonds. The van der Waals surface area contributed by atoms with Crippen molar-refractivity contribution in [2.45, 2.75) is 0 Å². The van der Waals surface area contributed by atoms with Crippen LogP contribution >= 0.6 is 0 Å². The Morgan fingerprint density at radius 1 is 0.806 bits per heavy atom. The molecule has 1 aliphatic heterocycles. The Hall–Kier alpha value is -4.52. The molecule has 0 unspecified atom stereocenters. The number of H-pyrrole nitrogens is 1. The average Bonchev–Trinajstić information content (AvgIpc) is 3.39. The summed E-state index contributed by atoms with van der Waals surface area (Å²) in [5.41, 5.74) is 3.43. The summed E-state index contributed by atoms with van der Waals surface area (Å²) in [4.78, 5) is 39.2. The predicted molar refractivity (Wildman–Crippen MR) is 116 cm³/mol. The van der Waals surface area contributed by atoms with Crippen LogP contribution in [0.25, 0.3) is 11.3 Å². The molecule has 31 heavy (non-hydrogen) atoms. The molecule has 0 saturated heterocycles. The normalized spacial score (nSPS) is 12.7. The van der Waals surface area contributed by atoms with Crippen LogP contribution in [0.1, 0.15) is 31.2 Å². The second kappa shape index (κ2) is 7.38. The van der Waals surface area contributed by atoms with Gasteiger partial charge in [0, 0.05) is 11.3 Å². The second-order valence-electron chi connectivity index (χ2n) is 7.03. The van der Waals surface area contributed by atoms with Crippen molar-refractivity contribution in [3.05, 3.63) is 102 Å². The van der Waals surface area contributed by atoms with E-state index >= 15 is 0 Å². The molecule has 0 spiro atoms. The molecule has 0 atom stereocenters. The van der Waals surface area contributed by atoms with Crippen LogP contribution < -0.4 is 10.2 Å². The first-order valence-electron chi connectivity index (χ1n) is 9.62. The molecule has 2 heterocycles. The number of hydrogen-bond donors (Lipinski definition) is 2. The number of nitrogens with zero attached hydrogens (tertiary/aromatic N) is 2. The van der Waals surface area contributed by atoms with Crippen molar-refractivity contribution in [3.63, 3.8) is 0 Å². The van der Waals surface area contributed by atoms with Crippen LogP contribution in [-0.2, 0) is 0 Å². The van der Waals surface area contributed by atoms with Crippen LogP contribution in [-0.4, -0.2) is 27.9 Å². The van der Waals surface area contributed by atoms with Gasteiger partial charge < -0.3 is 5.32 Å². The Balaban J connectivity index is 1.37. The van der Waals surface area contributed by atoms with Crippen LogP contribution in [0, 0.1) is 0 Å². The number of anilines is 2. The molecule has 5 rings (SSSR count). The van der Waals surface area contributed by atoms with Crippen LogP contribution in [0.15, 0.2) is 84.9 Å². The first kappa shape index (κ1) is 18.5. The minimum absolute atomic E-state index is 0.296. The van der Waals surface area contributed by atoms with Gasteiger partial charge in [-0.1, -0.05) is 48.5 Å². The standard InChI is InChI=1S/C24H16N4O3/c29-22(21-14-20(26-27-21)15-7-2-1-3-8-15)25-16-9-6-10-17(13-16)28-23(30)18-11-4-5-12-19(18)24(28)31/h1-14H,(H,25,29)(H,26,27). The summed E-state index contributed by atoms with van der Waals surface area (Å²) < 4.78 is 0. The smallest absolute Gasteiger partial charge is 0.273 e. The van der Waals surface area contributed by atoms with E-state index in [1.165, 1.54) is 0 Å². The summed E-state index contributed by atoms with van der Waals surface area (Å²) in [5.74, 6) is -1.15. The number of benzene rings is 3. The molecule has 0 aliphatic carbocycles. The summed E-state index contributed by atoms with van der Waals surface area (Å²) in [6.07, 6.45) is 0. The molecule has 1 aliphatic rings. The van der Waals surface area contributed by atoms with E-state index in [1.807, 2.05) is 30.3 Å². The van der Waals surface area contributed by atoms with Gasteiger partial charge in [0.05, 0.1) is 22.5 Å². The summed E-state index contributed by atoms with van der Waals surface area (Å²) >= 11 is 0. The van der Waals surface area contributed by atoms with Crippen molar-refractivity contribution in [2.75, 3.05) is 10.2 Å². The highest BCUT2D eigenvalue weighted by Crippen LogP contribution is 2.30. The molecule has 0 saturated carbocycles. The minimum atomic E-state index is -0.384. The summed E-state index contributed by atoms with van der Waals surface area (Å²) in [6.45, 7) is 0. The van der Waals surface area contributed by atoms with Crippen molar-refractivity contribution >= 4 is 29.1 Å². The topological polar surface area (TPSA) is 95.2 Å². The van der Waals surface area contributed by atoms with Crippen LogP contribution in [0.4, 0.5) is 11.4 Å². The maximum Gasteiger partial charge on any atom is 0.273 e. The Bertz CT molecular complexity index is 1290. The van der Waals surface area contributed by atoms with Crippen molar-refractivity contribution < 1.29 is 14.4 Å². The van der Waals surface area contributed by atoms with E-state index in [-0.39, 0.29) is 17.7 Å². The number of aromatic amines is 1. The number of amides is 3. The molecule has 1 aromatic heterocycles. The lowest BCUT2D eigenvalue weighted by Gasteiger charge is -2.15. The van der Waals surface area contributed by atoms with Crippen molar-refractivity contribution in [2.24, 2.45) is 0 Å². The molecule has 0 fully saturated rings. The summed E-state index contributed by atoms with van der Waals surface area (Å²) in [6, 6.07) is 24.5. The molecule has 0 radical (unpaired) electrons. The largest absolute Gasteiger partial charge is 0.321 e. The molecule has 7 heteroatoms. The molecule has 3 aromatic carbocycles. The fourth-order valence-electron chi connectivity index (χ4n) is 3.54. The maximum atomic E-state index is 12.7. The van der Waals surface area contributed by atoms with Gasteiger partial charge in [0.25, 0.3) is 17.7 Å². The summed E-state index contributed by atoms with van der Waals surface area (Å²) in [7, 11) is 0. The number of aromatic nitrogens is 2. The van der Waals surface area contributed by atoms with Crippen LogP contribution in [0.2, 0.25) is 0 Å². The molecule has 0 bridgehead atoms. The van der Waals surface area contributed by atoms with E-state index in [9.17, 15) is 14.4 Å². The van der Waals surface area contributed by atoms with Crippen LogP contribution in [0.3, 0.4) is 0 Å². The number of carbonyl (C=O) groups is 3. The van der Waals surface area contributed by atoms with Gasteiger partial charge >= 0.3 is 0 Å². The molecular formula is C24H16N4O3. The van der Waals surface area contributed by atoms with Gasteiger partial charge in [-0.25, -0.2) is 4.90 Å². The van der Waals surface area contributed by atoms with Gasteiger partial charge in [0.15, 0.2) is 0 Å². The maximum absolute atomic E-state index is 12.7. The number of nitrogens with one attached hydrogen (secondary N) is 2. The first-order valence-corrected chi connectivity index (χ1v) is 9.62. The molecule has 4 aromatic rings. The predicted octanol–water partition coefficient (Wildman–Crippen LogP) is 4.13. The number of imide groups is 1. The Morgan fingerprint density at radius 2 is 1.48 bits per heavy atom. The Kier molecular flexibility index (Phi) is 4.41. The van der Waals surface area contributed by atoms with E-state index in [0.29, 0.717) is 33.9 Å². The van der Waals surface area contributed by atoms with Gasteiger partial charge in [-0.3, -0.25) is 19.5 Å². The molecule has 7 nitrogen and oxygen atoms in total. The first-order chi connectivity index (χ1) is 15.1. The quantitative estimate of drug-likeness (QED) is 0.497. The number of rotatable bonds is 4. The lowest BCUT2D eigenvalue weighted by molar-refractivity contribution is 0.0925. The lowest BCUT2D eigenvalue weighted by atomic mass is 10.1. The minimum Gasteiger partial charge on any atom is -0.321 e. The third kappa shape index (κ3) is 3.28. The average molecular weight is 408 g/mol. The van der Waals surface area contributed by atoms with E-state index in [4.69, 9.17) is 0 Å². The van der Waals surface area contributed by atoms with Crippen molar-refractivity contribution in [1.82, 2.24) is 10.2 Å². The summed E-state index contributed by atoms with van der Waals surface area (Å²) in [5, 5.41) is 9.71. The SMILES string of the molecule is O=C(Nc1cccc(N2C(=O)c3ccccc3C2=O)c1)c1cc(-c2ccccc2)n[nH]1. The van der Waals surface area contributed by atoms with Crippen LogP contribution in [0.5, 0.6) is 0 Å². The van der Waals surface area contributed by atoms with E-state index in [0.717, 1.165) is 10.5 Å². The van der Waals surface area contributed by atoms with Crippen molar-refractivity contribution in [1.29, 1.82) is 0 Å². The highest BCUT2D eigenvalue weighted by atomic mass is 16.2. The van der Waals surface area contributed by atoms with Gasteiger partial charge in [0.1, 0.15) is 5.69 Å². The molecular weight excluding hydrogens is 392 g/mol. The zero-order valence-electron chi connectivity index (χ0n) is 16.2. The van der Waals surface area contributed by atoms with E-state index in [2.05, 4.69) is 15.5 Å². The zero-order chi connectivity index (χ0) is 21.4. The molecule has 2 N–H and O–H groups in total. The Labute approximate surface area is 177 Å². The number of hydrogen-bond acceptors (Lipinski definition) is 4. The van der Waals surface area contributed by atoms with Gasteiger partial charge in [-0.2, -0.15) is 5.10 Å². The van der Waals surface area contributed by atoms with Crippen molar-refractivity contribution in [3.8, 4) is 11.3 Å². The lowest BCUT2D eigenvalue weighted by Crippen LogP contribution is -2.29. The third-order valence-electron chi connectivity index (χ3n) is 5.05. The fourth-order valence-corrected chi connectivity index (χ4v) is 3.54.